The quantitative estimate of drug-likeness (QED) is 0.736. The van der Waals surface area contributed by atoms with Crippen LogP contribution in [0.1, 0.15) is 41.4 Å². The number of rotatable bonds is 2. The van der Waals surface area contributed by atoms with Gasteiger partial charge in [-0.15, -0.1) is 0 Å². The van der Waals surface area contributed by atoms with Gasteiger partial charge in [0.15, 0.2) is 0 Å². The van der Waals surface area contributed by atoms with E-state index in [-0.39, 0.29) is 16.3 Å². The Morgan fingerprint density at radius 1 is 1.31 bits per heavy atom. The zero-order valence-corrected chi connectivity index (χ0v) is 6.94. The average Bonchev–Trinajstić information content (AvgIpc) is 2.32. The molecule has 2 heteroatoms. The lowest BCUT2D eigenvalue weighted by Crippen LogP contribution is -1.83. The molecule has 0 aliphatic rings. The molecule has 0 aromatic carbocycles. The normalized spacial score (nSPS) is 8.15. The Morgan fingerprint density at radius 3 is 2.15 bits per heavy atom. The van der Waals surface area contributed by atoms with Crippen molar-refractivity contribution in [2.24, 2.45) is 0 Å². The predicted octanol–water partition coefficient (Wildman–Crippen LogP) is 3.99. The molecule has 0 saturated carbocycles. The van der Waals surface area contributed by atoms with Crippen molar-refractivity contribution in [2.45, 2.75) is 28.7 Å². The molecule has 1 aromatic heterocycles. The summed E-state index contributed by atoms with van der Waals surface area (Å²) in [6.07, 6.45) is 1.77. The molecule has 0 saturated heterocycles. The second-order valence-corrected chi connectivity index (χ2v) is 2.72. The van der Waals surface area contributed by atoms with Gasteiger partial charge in [0.05, 0.1) is 11.9 Å². The van der Waals surface area contributed by atoms with Crippen molar-refractivity contribution in [3.63, 3.8) is 0 Å². The van der Waals surface area contributed by atoms with Gasteiger partial charge in [0.2, 0.25) is 0 Å². The Bertz CT molecular complexity index is 271. The molecule has 1 aromatic rings. The highest BCUT2D eigenvalue weighted by Gasteiger charge is 2.04. The van der Waals surface area contributed by atoms with Gasteiger partial charge in [-0.05, 0) is 25.0 Å². The topological polar surface area (TPSA) is 28.7 Å². The summed E-state index contributed by atoms with van der Waals surface area (Å²) in [7, 11) is 0. The molecule has 0 unspecified atom stereocenters. The minimum absolute atomic E-state index is 0. The number of hydrogen-bond donors (Lipinski definition) is 1. The van der Waals surface area contributed by atoms with E-state index < -0.39 is 0 Å². The van der Waals surface area contributed by atoms with Crippen LogP contribution in [0.3, 0.4) is 0 Å². The van der Waals surface area contributed by atoms with Crippen molar-refractivity contribution < 1.29 is 1.43 Å². The third kappa shape index (κ3) is 2.90. The maximum absolute atomic E-state index is 3.92. The number of allylic oxidation sites excluding steroid dienone is 2. The van der Waals surface area contributed by atoms with Crippen LogP contribution < -0.4 is 0 Å². The van der Waals surface area contributed by atoms with Gasteiger partial charge < -0.3 is 0 Å². The van der Waals surface area contributed by atoms with E-state index in [0.717, 1.165) is 22.4 Å². The molecule has 1 heterocycles. The second-order valence-electron chi connectivity index (χ2n) is 2.72. The van der Waals surface area contributed by atoms with Crippen LogP contribution in [0.4, 0.5) is 0 Å². The molecule has 0 bridgehead atoms. The van der Waals surface area contributed by atoms with Crippen LogP contribution >= 0.6 is 0 Å². The average molecular weight is 182 g/mol. The van der Waals surface area contributed by atoms with Gasteiger partial charge in [0.25, 0.3) is 0 Å². The molecule has 0 atom stereocenters. The van der Waals surface area contributed by atoms with Gasteiger partial charge in [0.1, 0.15) is 0 Å². The van der Waals surface area contributed by atoms with Crippen molar-refractivity contribution in [1.29, 1.82) is 0 Å². The van der Waals surface area contributed by atoms with Crippen molar-refractivity contribution in [3.05, 3.63) is 30.6 Å². The summed E-state index contributed by atoms with van der Waals surface area (Å²) in [6.45, 7) is 11.6. The number of nitrogens with one attached hydrogen (secondary N) is 1. The van der Waals surface area contributed by atoms with Crippen molar-refractivity contribution in [3.8, 4) is 0 Å². The minimum Gasteiger partial charge on any atom is -0.278 e. The molecule has 1 N–H and O–H groups in total. The summed E-state index contributed by atoms with van der Waals surface area (Å²) in [5.74, 6) is 0. The van der Waals surface area contributed by atoms with Crippen molar-refractivity contribution in [1.82, 2.24) is 10.2 Å². The zero-order valence-electron chi connectivity index (χ0n) is 6.94. The van der Waals surface area contributed by atoms with Gasteiger partial charge in [-0.25, -0.2) is 0 Å². The molecule has 0 aliphatic carbocycles. The molecule has 1 rings (SSSR count). The molecule has 76 valence electrons. The first kappa shape index (κ1) is 14.2. The van der Waals surface area contributed by atoms with E-state index in [1.165, 1.54) is 0 Å². The summed E-state index contributed by atoms with van der Waals surface area (Å²) in [5, 5.41) is 6.79. The fourth-order valence-corrected chi connectivity index (χ4v) is 0.935. The lowest BCUT2D eigenvalue weighted by atomic mass is 10.1. The van der Waals surface area contributed by atoms with Gasteiger partial charge >= 0.3 is 0 Å². The van der Waals surface area contributed by atoms with Gasteiger partial charge in [0, 0.05) is 6.99 Å². The monoisotopic (exact) mass is 182 g/mol. The smallest absolute Gasteiger partial charge is 0.0675 e. The zero-order chi connectivity index (χ0) is 8.43. The fraction of sp³-hybridized carbons (Fsp3) is 0.364. The van der Waals surface area contributed by atoms with Crippen LogP contribution in [0.5, 0.6) is 0 Å². The Labute approximate surface area is 82.9 Å². The van der Waals surface area contributed by atoms with E-state index in [1.807, 2.05) is 13.8 Å². The summed E-state index contributed by atoms with van der Waals surface area (Å²) in [4.78, 5) is 0. The van der Waals surface area contributed by atoms with Gasteiger partial charge in [-0.2, -0.15) is 5.10 Å². The molecule has 13 heavy (non-hydrogen) atoms. The highest BCUT2D eigenvalue weighted by molar-refractivity contribution is 5.73. The largest absolute Gasteiger partial charge is 0.278 e. The van der Waals surface area contributed by atoms with Crippen LogP contribution in [0.2, 0.25) is 0 Å². The molecule has 2 nitrogen and oxygen atoms in total. The number of aromatic nitrogens is 2. The fourth-order valence-electron chi connectivity index (χ4n) is 0.935. The first-order valence-corrected chi connectivity index (χ1v) is 3.48. The van der Waals surface area contributed by atoms with Crippen LogP contribution in [0.15, 0.2) is 19.4 Å². The Morgan fingerprint density at radius 2 is 1.85 bits per heavy atom. The highest BCUT2D eigenvalue weighted by atomic mass is 15.1. The van der Waals surface area contributed by atoms with E-state index in [9.17, 15) is 0 Å². The molecule has 0 amide bonds. The summed E-state index contributed by atoms with van der Waals surface area (Å²) >= 11 is 0. The lowest BCUT2D eigenvalue weighted by Gasteiger charge is -1.99. The Hall–Kier alpha value is -1.31. The third-order valence-electron chi connectivity index (χ3n) is 1.53. The van der Waals surface area contributed by atoms with E-state index in [4.69, 9.17) is 0 Å². The van der Waals surface area contributed by atoms with E-state index in [2.05, 4.69) is 23.4 Å². The molecule has 0 radical (unpaired) electrons. The summed E-state index contributed by atoms with van der Waals surface area (Å²) < 4.78 is 0. The predicted molar refractivity (Wildman–Crippen MR) is 63.6 cm³/mol. The van der Waals surface area contributed by atoms with Crippen molar-refractivity contribution in [2.75, 3.05) is 0 Å². The first-order valence-electron chi connectivity index (χ1n) is 3.48. The molecule has 0 fully saturated rings. The minimum atomic E-state index is 0. The van der Waals surface area contributed by atoms with Crippen LogP contribution in [0, 0.1) is 0 Å². The first-order chi connectivity index (χ1) is 5.13. The number of nitrogens with zero attached hydrogens (tertiary/aromatic N) is 1. The number of aromatic amines is 1. The Kier molecular flexibility index (Phi) is 5.86. The van der Waals surface area contributed by atoms with E-state index >= 15 is 0 Å². The number of hydrogen-bond acceptors (Lipinski definition) is 1. The molecular weight excluding hydrogens is 160 g/mol. The second kappa shape index (κ2) is 5.36. The molecular formula is C11H22N2. The van der Waals surface area contributed by atoms with Crippen molar-refractivity contribution >= 4 is 11.1 Å². The van der Waals surface area contributed by atoms with E-state index in [1.54, 1.807) is 6.20 Å². The van der Waals surface area contributed by atoms with Crippen LogP contribution in [0.25, 0.3) is 11.1 Å². The Balaban J connectivity index is -0.000000403. The van der Waals surface area contributed by atoms with E-state index in [0.29, 0.717) is 0 Å². The third-order valence-corrected chi connectivity index (χ3v) is 1.53. The molecule has 0 aliphatic heterocycles. The standard InChI is InChI=1S/C9H12N2.2CH4.H2/c1-6(2)8-5-10-11-9(8)7(3)4;;;/h5H,1,3H2,2,4H3,(H,10,11);2*1H4;1H. The lowest BCUT2D eigenvalue weighted by molar-refractivity contribution is 1.07. The maximum atomic E-state index is 3.92. The van der Waals surface area contributed by atoms with Crippen LogP contribution in [-0.4, -0.2) is 10.2 Å². The highest BCUT2D eigenvalue weighted by Crippen LogP contribution is 2.19. The maximum Gasteiger partial charge on any atom is 0.0675 e. The van der Waals surface area contributed by atoms with Gasteiger partial charge in [-0.1, -0.05) is 28.0 Å². The number of H-pyrrole nitrogens is 1. The SMILES string of the molecule is C.C.C=C(C)c1cn[nH]c1C(=C)C.[HH]. The summed E-state index contributed by atoms with van der Waals surface area (Å²) in [6, 6.07) is 0. The van der Waals surface area contributed by atoms with Gasteiger partial charge in [-0.3, -0.25) is 5.10 Å². The van der Waals surface area contributed by atoms with Crippen LogP contribution in [-0.2, 0) is 0 Å². The molecule has 0 spiro atoms. The summed E-state index contributed by atoms with van der Waals surface area (Å²) in [5.41, 5.74) is 4.03.